The number of anilines is 1. The molecule has 0 aliphatic carbocycles. The van der Waals surface area contributed by atoms with Gasteiger partial charge in [0.05, 0.1) is 16.3 Å². The molecule has 1 aliphatic rings. The fourth-order valence-corrected chi connectivity index (χ4v) is 2.31. The maximum Gasteiger partial charge on any atom is 0.296 e. The largest absolute Gasteiger partial charge is 0.318 e. The van der Waals surface area contributed by atoms with Crippen LogP contribution in [0, 0.1) is 5.82 Å². The molecule has 2 aromatic rings. The molecule has 0 radical (unpaired) electrons. The Bertz CT molecular complexity index is 727. The van der Waals surface area contributed by atoms with Gasteiger partial charge in [-0.2, -0.15) is 0 Å². The monoisotopic (exact) mass is 275 g/mol. The van der Waals surface area contributed by atoms with Gasteiger partial charge in [-0.25, -0.2) is 4.39 Å². The third kappa shape index (κ3) is 1.90. The Morgan fingerprint density at radius 2 is 1.79 bits per heavy atom. The van der Waals surface area contributed by atoms with Crippen molar-refractivity contribution in [3.8, 4) is 11.1 Å². The molecule has 1 amide bonds. The van der Waals surface area contributed by atoms with E-state index < -0.39 is 17.5 Å². The van der Waals surface area contributed by atoms with E-state index >= 15 is 0 Å². The van der Waals surface area contributed by atoms with Gasteiger partial charge in [-0.05, 0) is 35.9 Å². The van der Waals surface area contributed by atoms with Crippen molar-refractivity contribution in [1.29, 1.82) is 0 Å². The van der Waals surface area contributed by atoms with Crippen molar-refractivity contribution >= 4 is 29.0 Å². The minimum absolute atomic E-state index is 0.254. The first-order valence-electron chi connectivity index (χ1n) is 5.51. The number of fused-ring (bicyclic) bond motifs is 1. The summed E-state index contributed by atoms with van der Waals surface area (Å²) >= 11 is 5.97. The zero-order valence-corrected chi connectivity index (χ0v) is 10.3. The van der Waals surface area contributed by atoms with E-state index in [1.54, 1.807) is 18.2 Å². The molecule has 5 heteroatoms. The van der Waals surface area contributed by atoms with Gasteiger partial charge in [0.2, 0.25) is 0 Å². The summed E-state index contributed by atoms with van der Waals surface area (Å²) in [6.45, 7) is 0. The number of carbonyl (C=O) groups is 2. The lowest BCUT2D eigenvalue weighted by atomic mass is 10.0. The number of rotatable bonds is 1. The number of ketones is 1. The van der Waals surface area contributed by atoms with E-state index in [0.717, 1.165) is 0 Å². The second-order valence-corrected chi connectivity index (χ2v) is 4.57. The van der Waals surface area contributed by atoms with Crippen LogP contribution in [0.5, 0.6) is 0 Å². The van der Waals surface area contributed by atoms with E-state index in [1.165, 1.54) is 18.2 Å². The Morgan fingerprint density at radius 1 is 1.00 bits per heavy atom. The summed E-state index contributed by atoms with van der Waals surface area (Å²) < 4.78 is 13.0. The van der Waals surface area contributed by atoms with Gasteiger partial charge < -0.3 is 5.32 Å². The van der Waals surface area contributed by atoms with Crippen molar-refractivity contribution < 1.29 is 14.0 Å². The fourth-order valence-electron chi connectivity index (χ4n) is 2.03. The standard InChI is InChI=1S/C14H7ClFNO2/c15-11-6-8(16)2-3-9(11)7-1-4-12-10(5-7)13(18)14(19)17-12/h1-6H,(H,17,18,19). The number of Topliss-reactive ketones (excluding diaryl/α,β-unsaturated/α-hetero) is 1. The molecule has 0 unspecified atom stereocenters. The number of hydrogen-bond donors (Lipinski definition) is 1. The van der Waals surface area contributed by atoms with Gasteiger partial charge in [0.25, 0.3) is 11.7 Å². The van der Waals surface area contributed by atoms with E-state index in [2.05, 4.69) is 5.32 Å². The Labute approximate surface area is 113 Å². The van der Waals surface area contributed by atoms with Gasteiger partial charge in [-0.1, -0.05) is 17.7 Å². The lowest BCUT2D eigenvalue weighted by Crippen LogP contribution is -2.12. The van der Waals surface area contributed by atoms with Gasteiger partial charge in [0.15, 0.2) is 0 Å². The molecule has 3 rings (SSSR count). The number of carbonyl (C=O) groups excluding carboxylic acids is 2. The summed E-state index contributed by atoms with van der Waals surface area (Å²) in [7, 11) is 0. The maximum absolute atomic E-state index is 13.0. The van der Waals surface area contributed by atoms with Crippen LogP contribution < -0.4 is 5.32 Å². The van der Waals surface area contributed by atoms with Crippen LogP contribution in [0.15, 0.2) is 36.4 Å². The number of hydrogen-bond acceptors (Lipinski definition) is 2. The number of amides is 1. The Balaban J connectivity index is 2.13. The predicted octanol–water partition coefficient (Wildman–Crippen LogP) is 3.28. The summed E-state index contributed by atoms with van der Waals surface area (Å²) in [6, 6.07) is 8.96. The van der Waals surface area contributed by atoms with Crippen LogP contribution >= 0.6 is 11.6 Å². The molecule has 3 nitrogen and oxygen atoms in total. The zero-order valence-electron chi connectivity index (χ0n) is 9.54. The van der Waals surface area contributed by atoms with E-state index in [-0.39, 0.29) is 5.02 Å². The molecule has 0 aromatic heterocycles. The molecule has 0 atom stereocenters. The molecule has 0 saturated heterocycles. The van der Waals surface area contributed by atoms with E-state index in [1.807, 2.05) is 0 Å². The van der Waals surface area contributed by atoms with Crippen LogP contribution in [0.4, 0.5) is 10.1 Å². The number of nitrogens with one attached hydrogen (secondary N) is 1. The van der Waals surface area contributed by atoms with Crippen LogP contribution in [0.25, 0.3) is 11.1 Å². The summed E-state index contributed by atoms with van der Waals surface area (Å²) in [5, 5.41) is 2.72. The fraction of sp³-hybridized carbons (Fsp3) is 0. The van der Waals surface area contributed by atoms with Crippen molar-refractivity contribution in [1.82, 2.24) is 0 Å². The Morgan fingerprint density at radius 3 is 2.53 bits per heavy atom. The van der Waals surface area contributed by atoms with Crippen LogP contribution in [-0.4, -0.2) is 11.7 Å². The quantitative estimate of drug-likeness (QED) is 0.812. The highest BCUT2D eigenvalue weighted by molar-refractivity contribution is 6.51. The van der Waals surface area contributed by atoms with Gasteiger partial charge in [0.1, 0.15) is 5.82 Å². The summed E-state index contributed by atoms with van der Waals surface area (Å²) in [4.78, 5) is 22.9. The van der Waals surface area contributed by atoms with Crippen LogP contribution in [0.2, 0.25) is 5.02 Å². The minimum Gasteiger partial charge on any atom is -0.318 e. The predicted molar refractivity (Wildman–Crippen MR) is 69.8 cm³/mol. The minimum atomic E-state index is -0.641. The summed E-state index contributed by atoms with van der Waals surface area (Å²) in [5.74, 6) is -1.64. The molecule has 0 fully saturated rings. The number of benzene rings is 2. The van der Waals surface area contributed by atoms with E-state index in [0.29, 0.717) is 22.4 Å². The normalized spacial score (nSPS) is 13.4. The van der Waals surface area contributed by atoms with Gasteiger partial charge in [0, 0.05) is 5.56 Å². The molecular formula is C14H7ClFNO2. The van der Waals surface area contributed by atoms with Crippen molar-refractivity contribution in [2.45, 2.75) is 0 Å². The maximum atomic E-state index is 13.0. The second kappa shape index (κ2) is 4.17. The highest BCUT2D eigenvalue weighted by Crippen LogP contribution is 2.33. The first kappa shape index (κ1) is 11.9. The lowest BCUT2D eigenvalue weighted by Gasteiger charge is -2.06. The molecule has 0 bridgehead atoms. The zero-order chi connectivity index (χ0) is 13.6. The van der Waals surface area contributed by atoms with E-state index in [4.69, 9.17) is 11.6 Å². The Hall–Kier alpha value is -2.20. The molecule has 1 heterocycles. The van der Waals surface area contributed by atoms with E-state index in [9.17, 15) is 14.0 Å². The first-order valence-corrected chi connectivity index (χ1v) is 5.89. The van der Waals surface area contributed by atoms with Crippen molar-refractivity contribution in [3.05, 3.63) is 52.8 Å². The molecule has 19 heavy (non-hydrogen) atoms. The highest BCUT2D eigenvalue weighted by atomic mass is 35.5. The van der Waals surface area contributed by atoms with Crippen LogP contribution in [0.3, 0.4) is 0 Å². The summed E-state index contributed by atoms with van der Waals surface area (Å²) in [6.07, 6.45) is 0. The van der Waals surface area contributed by atoms with Gasteiger partial charge in [-0.3, -0.25) is 9.59 Å². The Kier molecular flexibility index (Phi) is 2.61. The van der Waals surface area contributed by atoms with Gasteiger partial charge in [-0.15, -0.1) is 0 Å². The SMILES string of the molecule is O=C1Nc2ccc(-c3ccc(F)cc3Cl)cc2C1=O. The average Bonchev–Trinajstić information content (AvgIpc) is 2.65. The molecule has 1 aliphatic heterocycles. The molecule has 94 valence electrons. The van der Waals surface area contributed by atoms with Crippen molar-refractivity contribution in [2.75, 3.05) is 5.32 Å². The smallest absolute Gasteiger partial charge is 0.296 e. The van der Waals surface area contributed by atoms with Gasteiger partial charge >= 0.3 is 0 Å². The third-order valence-electron chi connectivity index (χ3n) is 2.96. The van der Waals surface area contributed by atoms with Crippen LogP contribution in [-0.2, 0) is 4.79 Å². The molecule has 0 saturated carbocycles. The molecule has 2 aromatic carbocycles. The average molecular weight is 276 g/mol. The van der Waals surface area contributed by atoms with Crippen LogP contribution in [0.1, 0.15) is 10.4 Å². The molecular weight excluding hydrogens is 269 g/mol. The second-order valence-electron chi connectivity index (χ2n) is 4.17. The first-order chi connectivity index (χ1) is 9.06. The highest BCUT2D eigenvalue weighted by Gasteiger charge is 2.28. The third-order valence-corrected chi connectivity index (χ3v) is 3.27. The molecule has 0 spiro atoms. The van der Waals surface area contributed by atoms with Crippen molar-refractivity contribution in [2.24, 2.45) is 0 Å². The topological polar surface area (TPSA) is 46.2 Å². The summed E-state index contributed by atoms with van der Waals surface area (Å²) in [5.41, 5.74) is 2.06. The lowest BCUT2D eigenvalue weighted by molar-refractivity contribution is -0.112. The van der Waals surface area contributed by atoms with Crippen molar-refractivity contribution in [3.63, 3.8) is 0 Å². The molecule has 1 N–H and O–H groups in total. The number of halogens is 2.